The number of aromatic amines is 1. The largest absolute Gasteiger partial charge is 0.497 e. The van der Waals surface area contributed by atoms with Gasteiger partial charge in [0.05, 0.1) is 24.4 Å². The predicted octanol–water partition coefficient (Wildman–Crippen LogP) is 3.37. The summed E-state index contributed by atoms with van der Waals surface area (Å²) in [6.45, 7) is 2.22. The lowest BCUT2D eigenvalue weighted by molar-refractivity contribution is 0.0932. The third-order valence-electron chi connectivity index (χ3n) is 5.12. The third-order valence-corrected chi connectivity index (χ3v) is 5.12. The molecule has 0 spiro atoms. The lowest BCUT2D eigenvalue weighted by Crippen LogP contribution is -2.33. The Labute approximate surface area is 174 Å². The second-order valence-corrected chi connectivity index (χ2v) is 7.04. The first-order valence-electron chi connectivity index (χ1n) is 9.65. The van der Waals surface area contributed by atoms with E-state index < -0.39 is 0 Å². The van der Waals surface area contributed by atoms with Crippen LogP contribution in [0, 0.1) is 6.92 Å². The second kappa shape index (κ2) is 8.34. The van der Waals surface area contributed by atoms with Gasteiger partial charge in [0.25, 0.3) is 5.91 Å². The van der Waals surface area contributed by atoms with E-state index in [1.807, 2.05) is 49.4 Å². The number of hydrogen-bond donors (Lipinski definition) is 3. The number of nitrogens with zero attached hydrogens (tertiary/aromatic N) is 2. The van der Waals surface area contributed by atoms with E-state index in [1.165, 1.54) is 0 Å². The molecule has 0 saturated heterocycles. The molecule has 0 fully saturated rings. The summed E-state index contributed by atoms with van der Waals surface area (Å²) >= 11 is 0. The van der Waals surface area contributed by atoms with Gasteiger partial charge in [-0.15, -0.1) is 0 Å². The van der Waals surface area contributed by atoms with Crippen molar-refractivity contribution in [3.63, 3.8) is 0 Å². The highest BCUT2D eigenvalue weighted by molar-refractivity contribution is 5.94. The molecule has 2 heterocycles. The Morgan fingerprint density at radius 3 is 2.80 bits per heavy atom. The quantitative estimate of drug-likeness (QED) is 0.459. The number of pyridine rings is 1. The lowest BCUT2D eigenvalue weighted by Gasteiger charge is -2.18. The highest BCUT2D eigenvalue weighted by Crippen LogP contribution is 2.25. The molecule has 30 heavy (non-hydrogen) atoms. The zero-order chi connectivity index (χ0) is 21.1. The molecule has 4 aromatic rings. The van der Waals surface area contributed by atoms with Crippen molar-refractivity contribution in [2.45, 2.75) is 13.0 Å². The van der Waals surface area contributed by atoms with Gasteiger partial charge in [0.15, 0.2) is 0 Å². The highest BCUT2D eigenvalue weighted by Gasteiger charge is 2.17. The maximum Gasteiger partial charge on any atom is 0.270 e. The molecule has 0 radical (unpaired) electrons. The zero-order valence-corrected chi connectivity index (χ0v) is 16.8. The monoisotopic (exact) mass is 401 g/mol. The number of nitrogens with two attached hydrogens (primary N) is 1. The van der Waals surface area contributed by atoms with Crippen LogP contribution in [0.1, 0.15) is 27.8 Å². The van der Waals surface area contributed by atoms with E-state index >= 15 is 0 Å². The topological polar surface area (TPSA) is 106 Å². The highest BCUT2D eigenvalue weighted by atomic mass is 16.5. The van der Waals surface area contributed by atoms with Crippen LogP contribution in [0.3, 0.4) is 0 Å². The van der Waals surface area contributed by atoms with Crippen LogP contribution >= 0.6 is 0 Å². The van der Waals surface area contributed by atoms with Crippen molar-refractivity contribution in [3.05, 3.63) is 77.7 Å². The number of nitrogens with one attached hydrogen (secondary N) is 2. The molecule has 1 atom stereocenters. The summed E-state index contributed by atoms with van der Waals surface area (Å²) in [5, 5.41) is 11.3. The molecule has 0 unspecified atom stereocenters. The van der Waals surface area contributed by atoms with Gasteiger partial charge in [-0.25, -0.2) is 0 Å². The number of methoxy groups -OCH3 is 1. The number of fused-ring (bicyclic) bond motifs is 1. The minimum Gasteiger partial charge on any atom is -0.497 e. The summed E-state index contributed by atoms with van der Waals surface area (Å²) in [4.78, 5) is 17.1. The Balaban J connectivity index is 1.59. The molecule has 7 nitrogen and oxygen atoms in total. The number of H-pyrrole nitrogens is 1. The molecular formula is C23H23N5O2. The average molecular weight is 401 g/mol. The maximum absolute atomic E-state index is 12.9. The number of amides is 1. The van der Waals surface area contributed by atoms with E-state index in [4.69, 9.17) is 10.5 Å². The third kappa shape index (κ3) is 3.88. The normalized spacial score (nSPS) is 12.0. The number of rotatable bonds is 6. The van der Waals surface area contributed by atoms with Crippen LogP contribution < -0.4 is 15.8 Å². The number of hydrogen-bond acceptors (Lipinski definition) is 5. The molecule has 0 aliphatic heterocycles. The molecule has 0 aliphatic rings. The Morgan fingerprint density at radius 1 is 1.17 bits per heavy atom. The van der Waals surface area contributed by atoms with Gasteiger partial charge in [0.1, 0.15) is 11.4 Å². The van der Waals surface area contributed by atoms with Gasteiger partial charge >= 0.3 is 0 Å². The Bertz CT molecular complexity index is 1200. The fourth-order valence-electron chi connectivity index (χ4n) is 3.43. The molecule has 0 bridgehead atoms. The first kappa shape index (κ1) is 19.6. The number of carbonyl (C=O) groups excluding carboxylic acids is 1. The Hall–Kier alpha value is -3.71. The smallest absolute Gasteiger partial charge is 0.270 e. The minimum absolute atomic E-state index is 0.259. The van der Waals surface area contributed by atoms with Crippen LogP contribution in [-0.4, -0.2) is 34.7 Å². The maximum atomic E-state index is 12.9. The van der Waals surface area contributed by atoms with E-state index in [0.717, 1.165) is 33.3 Å². The first-order chi connectivity index (χ1) is 14.6. The van der Waals surface area contributed by atoms with Crippen molar-refractivity contribution < 1.29 is 9.53 Å². The molecule has 0 aliphatic carbocycles. The molecule has 152 valence electrons. The number of aromatic nitrogens is 3. The van der Waals surface area contributed by atoms with Crippen molar-refractivity contribution in [2.75, 3.05) is 13.7 Å². The van der Waals surface area contributed by atoms with E-state index in [2.05, 4.69) is 26.6 Å². The fraction of sp³-hybridized carbons (Fsp3) is 0.174. The van der Waals surface area contributed by atoms with Gasteiger partial charge < -0.3 is 15.8 Å². The number of benzene rings is 2. The molecule has 4 N–H and O–H groups in total. The van der Waals surface area contributed by atoms with Gasteiger partial charge in [0, 0.05) is 18.1 Å². The van der Waals surface area contributed by atoms with Gasteiger partial charge in [-0.2, -0.15) is 5.10 Å². The van der Waals surface area contributed by atoms with Crippen molar-refractivity contribution in [2.24, 2.45) is 5.73 Å². The summed E-state index contributed by atoms with van der Waals surface area (Å²) in [7, 11) is 1.60. The van der Waals surface area contributed by atoms with E-state index in [0.29, 0.717) is 11.4 Å². The molecule has 1 amide bonds. The first-order valence-corrected chi connectivity index (χ1v) is 9.65. The molecule has 7 heteroatoms. The molecular weight excluding hydrogens is 378 g/mol. The van der Waals surface area contributed by atoms with Crippen LogP contribution in [0.15, 0.2) is 60.8 Å². The number of carbonyl (C=O) groups is 1. The van der Waals surface area contributed by atoms with Crippen molar-refractivity contribution in [1.82, 2.24) is 20.5 Å². The lowest BCUT2D eigenvalue weighted by atomic mass is 10.0. The molecule has 2 aromatic heterocycles. The second-order valence-electron chi connectivity index (χ2n) is 7.04. The average Bonchev–Trinajstić information content (AvgIpc) is 3.17. The summed E-state index contributed by atoms with van der Waals surface area (Å²) in [6.07, 6.45) is 1.64. The molecule has 0 saturated carbocycles. The fourth-order valence-corrected chi connectivity index (χ4v) is 3.43. The number of ether oxygens (including phenoxy) is 1. The van der Waals surface area contributed by atoms with Crippen LogP contribution in [-0.2, 0) is 0 Å². The summed E-state index contributed by atoms with van der Waals surface area (Å²) in [5.41, 5.74) is 10.9. The minimum atomic E-state index is -0.344. The van der Waals surface area contributed by atoms with Gasteiger partial charge in [-0.05, 0) is 60.0 Å². The van der Waals surface area contributed by atoms with Crippen molar-refractivity contribution in [1.29, 1.82) is 0 Å². The van der Waals surface area contributed by atoms with Crippen LogP contribution in [0.5, 0.6) is 5.75 Å². The van der Waals surface area contributed by atoms with E-state index in [1.54, 1.807) is 19.4 Å². The summed E-state index contributed by atoms with van der Waals surface area (Å²) in [5.74, 6) is 0.431. The molecule has 4 rings (SSSR count). The van der Waals surface area contributed by atoms with Crippen LogP contribution in [0.25, 0.3) is 22.0 Å². The van der Waals surface area contributed by atoms with Gasteiger partial charge in [0.2, 0.25) is 0 Å². The van der Waals surface area contributed by atoms with Crippen molar-refractivity contribution >= 4 is 16.8 Å². The Kier molecular flexibility index (Phi) is 5.45. The van der Waals surface area contributed by atoms with Crippen LogP contribution in [0.2, 0.25) is 0 Å². The van der Waals surface area contributed by atoms with E-state index in [9.17, 15) is 4.79 Å². The SMILES string of the molecule is COc1cccc([C@@H](CN)NC(=O)c2cc(-c3ccc4[nH]nc(C)c4c3)ccn2)c1. The molecule has 2 aromatic carbocycles. The zero-order valence-electron chi connectivity index (χ0n) is 16.8. The van der Waals surface area contributed by atoms with Gasteiger partial charge in [-0.3, -0.25) is 14.9 Å². The van der Waals surface area contributed by atoms with Crippen LogP contribution in [0.4, 0.5) is 0 Å². The summed E-state index contributed by atoms with van der Waals surface area (Å²) in [6, 6.07) is 16.9. The standard InChI is InChI=1S/C23H23N5O2/c1-14-19-11-15(6-7-20(19)28-27-14)16-8-9-25-21(12-16)23(29)26-22(13-24)17-4-3-5-18(10-17)30-2/h3-12,22H,13,24H2,1-2H3,(H,26,29)(H,27,28)/t22-/m1/s1. The van der Waals surface area contributed by atoms with E-state index in [-0.39, 0.29) is 18.5 Å². The number of aryl methyl sites for hydroxylation is 1. The predicted molar refractivity (Wildman–Crippen MR) is 116 cm³/mol. The van der Waals surface area contributed by atoms with Gasteiger partial charge in [-0.1, -0.05) is 18.2 Å². The summed E-state index contributed by atoms with van der Waals surface area (Å²) < 4.78 is 5.26. The Morgan fingerprint density at radius 2 is 2.00 bits per heavy atom. The van der Waals surface area contributed by atoms with Crippen molar-refractivity contribution in [3.8, 4) is 16.9 Å².